The predicted molar refractivity (Wildman–Crippen MR) is 73.8 cm³/mol. The van der Waals surface area contributed by atoms with E-state index in [1.54, 1.807) is 0 Å². The molecule has 0 radical (unpaired) electrons. The van der Waals surface area contributed by atoms with Gasteiger partial charge in [-0.3, -0.25) is 0 Å². The lowest BCUT2D eigenvalue weighted by Crippen LogP contribution is -2.54. The Morgan fingerprint density at radius 1 is 1.37 bits per heavy atom. The number of carbonyl (C=O) groups excluding carboxylic acids is 2. The molecule has 1 unspecified atom stereocenters. The smallest absolute Gasteiger partial charge is 0.328 e. The summed E-state index contributed by atoms with van der Waals surface area (Å²) in [4.78, 5) is 25.8. The van der Waals surface area contributed by atoms with Crippen molar-refractivity contribution < 1.29 is 14.3 Å². The van der Waals surface area contributed by atoms with E-state index in [0.29, 0.717) is 6.04 Å². The molecule has 110 valence electrons. The zero-order chi connectivity index (χ0) is 14.4. The Hall–Kier alpha value is -1.26. The lowest BCUT2D eigenvalue weighted by Gasteiger charge is -2.36. The first-order chi connectivity index (χ1) is 9.01. The molecule has 0 aromatic heterocycles. The standard InChI is InChI=1S/C14H26N2O3/c1-5-11-8-6-7-9-16(11)14(18)15-12(10(2)3)13(17)19-4/h10-12H,5-9H2,1-4H3,(H,15,18)/t11?,12-/m0/s1. The molecule has 1 heterocycles. The largest absolute Gasteiger partial charge is 0.467 e. The molecule has 0 spiro atoms. The second kappa shape index (κ2) is 7.36. The molecular formula is C14H26N2O3. The van der Waals surface area contributed by atoms with Crippen LogP contribution in [0.5, 0.6) is 0 Å². The van der Waals surface area contributed by atoms with Gasteiger partial charge in [0.05, 0.1) is 7.11 Å². The summed E-state index contributed by atoms with van der Waals surface area (Å²) >= 11 is 0. The van der Waals surface area contributed by atoms with E-state index in [4.69, 9.17) is 4.74 Å². The molecule has 5 nitrogen and oxygen atoms in total. The molecule has 1 N–H and O–H groups in total. The molecule has 19 heavy (non-hydrogen) atoms. The average molecular weight is 270 g/mol. The summed E-state index contributed by atoms with van der Waals surface area (Å²) in [5.41, 5.74) is 0. The summed E-state index contributed by atoms with van der Waals surface area (Å²) in [6.07, 6.45) is 4.22. The number of ether oxygens (including phenoxy) is 1. The number of nitrogens with zero attached hydrogens (tertiary/aromatic N) is 1. The van der Waals surface area contributed by atoms with Crippen LogP contribution in [0.3, 0.4) is 0 Å². The zero-order valence-corrected chi connectivity index (χ0v) is 12.4. The van der Waals surface area contributed by atoms with Crippen LogP contribution in [0.4, 0.5) is 4.79 Å². The van der Waals surface area contributed by atoms with Gasteiger partial charge in [-0.1, -0.05) is 20.8 Å². The van der Waals surface area contributed by atoms with Crippen molar-refractivity contribution >= 4 is 12.0 Å². The molecule has 0 aromatic carbocycles. The van der Waals surface area contributed by atoms with Crippen LogP contribution in [0.15, 0.2) is 0 Å². The van der Waals surface area contributed by atoms with Gasteiger partial charge in [-0.25, -0.2) is 9.59 Å². The topological polar surface area (TPSA) is 58.6 Å². The lowest BCUT2D eigenvalue weighted by atomic mass is 10.00. The normalized spacial score (nSPS) is 21.1. The third-order valence-electron chi connectivity index (χ3n) is 3.76. The minimum absolute atomic E-state index is 0.0151. The monoisotopic (exact) mass is 270 g/mol. The number of hydrogen-bond acceptors (Lipinski definition) is 3. The third-order valence-corrected chi connectivity index (χ3v) is 3.76. The van der Waals surface area contributed by atoms with Crippen molar-refractivity contribution in [1.29, 1.82) is 0 Å². The summed E-state index contributed by atoms with van der Waals surface area (Å²) < 4.78 is 4.74. The van der Waals surface area contributed by atoms with Gasteiger partial charge in [0.15, 0.2) is 0 Å². The summed E-state index contributed by atoms with van der Waals surface area (Å²) in [5.74, 6) is -0.366. The highest BCUT2D eigenvalue weighted by Gasteiger charge is 2.30. The number of likely N-dealkylation sites (tertiary alicyclic amines) is 1. The van der Waals surface area contributed by atoms with Crippen LogP contribution in [0.25, 0.3) is 0 Å². The van der Waals surface area contributed by atoms with Crippen LogP contribution in [0, 0.1) is 5.92 Å². The second-order valence-electron chi connectivity index (χ2n) is 5.45. The van der Waals surface area contributed by atoms with Crippen molar-refractivity contribution in [3.05, 3.63) is 0 Å². The van der Waals surface area contributed by atoms with Crippen molar-refractivity contribution in [1.82, 2.24) is 10.2 Å². The molecule has 5 heteroatoms. The van der Waals surface area contributed by atoms with E-state index >= 15 is 0 Å². The highest BCUT2D eigenvalue weighted by molar-refractivity contribution is 5.84. The first kappa shape index (κ1) is 15.8. The van der Waals surface area contributed by atoms with Crippen LogP contribution < -0.4 is 5.32 Å². The van der Waals surface area contributed by atoms with Gasteiger partial charge in [-0.05, 0) is 31.6 Å². The Labute approximate surface area is 115 Å². The van der Waals surface area contributed by atoms with Crippen molar-refractivity contribution in [3.63, 3.8) is 0 Å². The molecule has 0 bridgehead atoms. The van der Waals surface area contributed by atoms with Gasteiger partial charge in [-0.15, -0.1) is 0 Å². The molecular weight excluding hydrogens is 244 g/mol. The van der Waals surface area contributed by atoms with Gasteiger partial charge in [0.25, 0.3) is 0 Å². The fraction of sp³-hybridized carbons (Fsp3) is 0.857. The molecule has 0 aliphatic carbocycles. The van der Waals surface area contributed by atoms with Crippen LogP contribution in [-0.4, -0.2) is 42.6 Å². The van der Waals surface area contributed by atoms with E-state index in [1.807, 2.05) is 18.7 Å². The predicted octanol–water partition coefficient (Wildman–Crippen LogP) is 2.16. The van der Waals surface area contributed by atoms with Gasteiger partial charge in [0.1, 0.15) is 6.04 Å². The third kappa shape index (κ3) is 4.11. The SMILES string of the molecule is CCC1CCCCN1C(=O)N[C@H](C(=O)OC)C(C)C. The van der Waals surface area contributed by atoms with Gasteiger partial charge in [0.2, 0.25) is 0 Å². The number of piperidine rings is 1. The van der Waals surface area contributed by atoms with Crippen LogP contribution >= 0.6 is 0 Å². The summed E-state index contributed by atoms with van der Waals surface area (Å²) in [6, 6.07) is -0.424. The van der Waals surface area contributed by atoms with E-state index in [1.165, 1.54) is 13.5 Å². The minimum Gasteiger partial charge on any atom is -0.467 e. The fourth-order valence-electron chi connectivity index (χ4n) is 2.53. The van der Waals surface area contributed by atoms with Crippen molar-refractivity contribution in [3.8, 4) is 0 Å². The molecule has 2 amide bonds. The summed E-state index contributed by atoms with van der Waals surface area (Å²) in [6.45, 7) is 6.66. The maximum atomic E-state index is 12.3. The molecule has 1 fully saturated rings. The number of hydrogen-bond donors (Lipinski definition) is 1. The van der Waals surface area contributed by atoms with Gasteiger partial charge >= 0.3 is 12.0 Å². The van der Waals surface area contributed by atoms with Gasteiger partial charge in [-0.2, -0.15) is 0 Å². The van der Waals surface area contributed by atoms with Crippen molar-refractivity contribution in [2.24, 2.45) is 5.92 Å². The fourth-order valence-corrected chi connectivity index (χ4v) is 2.53. The molecule has 1 saturated heterocycles. The maximum absolute atomic E-state index is 12.3. The molecule has 0 saturated carbocycles. The van der Waals surface area contributed by atoms with Gasteiger partial charge < -0.3 is 15.0 Å². The number of rotatable bonds is 4. The average Bonchev–Trinajstić information content (AvgIpc) is 2.43. The molecule has 1 rings (SSSR count). The Kier molecular flexibility index (Phi) is 6.12. The highest BCUT2D eigenvalue weighted by Crippen LogP contribution is 2.19. The first-order valence-corrected chi connectivity index (χ1v) is 7.16. The van der Waals surface area contributed by atoms with E-state index in [-0.39, 0.29) is 17.9 Å². The number of urea groups is 1. The summed E-state index contributed by atoms with van der Waals surface area (Å²) in [5, 5.41) is 2.81. The van der Waals surface area contributed by atoms with Crippen molar-refractivity contribution in [2.75, 3.05) is 13.7 Å². The van der Waals surface area contributed by atoms with E-state index in [2.05, 4.69) is 12.2 Å². The van der Waals surface area contributed by atoms with Crippen LogP contribution in [-0.2, 0) is 9.53 Å². The minimum atomic E-state index is -0.572. The number of amides is 2. The number of nitrogens with one attached hydrogen (secondary N) is 1. The Morgan fingerprint density at radius 2 is 2.05 bits per heavy atom. The zero-order valence-electron chi connectivity index (χ0n) is 12.4. The van der Waals surface area contributed by atoms with Crippen LogP contribution in [0.2, 0.25) is 0 Å². The van der Waals surface area contributed by atoms with E-state index in [9.17, 15) is 9.59 Å². The van der Waals surface area contributed by atoms with Gasteiger partial charge in [0, 0.05) is 12.6 Å². The highest BCUT2D eigenvalue weighted by atomic mass is 16.5. The summed E-state index contributed by atoms with van der Waals surface area (Å²) in [7, 11) is 1.35. The second-order valence-corrected chi connectivity index (χ2v) is 5.45. The first-order valence-electron chi connectivity index (χ1n) is 7.16. The maximum Gasteiger partial charge on any atom is 0.328 e. The Balaban J connectivity index is 2.67. The van der Waals surface area contributed by atoms with E-state index < -0.39 is 6.04 Å². The molecule has 1 aliphatic heterocycles. The lowest BCUT2D eigenvalue weighted by molar-refractivity contribution is -0.144. The molecule has 0 aromatic rings. The number of carbonyl (C=O) groups is 2. The molecule has 1 aliphatic rings. The number of methoxy groups -OCH3 is 1. The Bertz CT molecular complexity index is 318. The van der Waals surface area contributed by atoms with Crippen molar-refractivity contribution in [2.45, 2.75) is 58.5 Å². The Morgan fingerprint density at radius 3 is 2.58 bits per heavy atom. The van der Waals surface area contributed by atoms with E-state index in [0.717, 1.165) is 25.8 Å². The molecule has 2 atom stereocenters. The quantitative estimate of drug-likeness (QED) is 0.796. The number of esters is 1. The van der Waals surface area contributed by atoms with Crippen LogP contribution in [0.1, 0.15) is 46.5 Å².